The standard InChI is InChI=1S/C18H20BrNO/c1-13(21)16-6-7-18(17(19)12-16)20-10-8-14-4-2-3-5-15(14)9-11-20/h2-7,12-13,21H,8-11H2,1H3/t13-/m1/s1. The summed E-state index contributed by atoms with van der Waals surface area (Å²) in [6, 6.07) is 14.9. The summed E-state index contributed by atoms with van der Waals surface area (Å²) in [5.41, 5.74) is 5.10. The van der Waals surface area contributed by atoms with Crippen molar-refractivity contribution in [1.29, 1.82) is 0 Å². The van der Waals surface area contributed by atoms with E-state index in [1.165, 1.54) is 16.8 Å². The fourth-order valence-corrected chi connectivity index (χ4v) is 3.60. The minimum absolute atomic E-state index is 0.427. The van der Waals surface area contributed by atoms with E-state index in [2.05, 4.69) is 51.2 Å². The molecule has 0 aromatic heterocycles. The van der Waals surface area contributed by atoms with Gasteiger partial charge in [-0.25, -0.2) is 0 Å². The Hall–Kier alpha value is -1.32. The van der Waals surface area contributed by atoms with Crippen LogP contribution in [0.4, 0.5) is 5.69 Å². The molecule has 0 radical (unpaired) electrons. The number of aliphatic hydroxyl groups excluding tert-OH is 1. The summed E-state index contributed by atoms with van der Waals surface area (Å²) in [6.45, 7) is 3.86. The van der Waals surface area contributed by atoms with Crippen molar-refractivity contribution in [2.75, 3.05) is 18.0 Å². The molecule has 2 aromatic carbocycles. The van der Waals surface area contributed by atoms with Gasteiger partial charge >= 0.3 is 0 Å². The van der Waals surface area contributed by atoms with Crippen LogP contribution in [0.3, 0.4) is 0 Å². The van der Waals surface area contributed by atoms with E-state index in [0.717, 1.165) is 36.0 Å². The summed E-state index contributed by atoms with van der Waals surface area (Å²) in [5.74, 6) is 0. The minimum atomic E-state index is -0.427. The van der Waals surface area contributed by atoms with Crippen molar-refractivity contribution in [2.24, 2.45) is 0 Å². The van der Waals surface area contributed by atoms with Gasteiger partial charge in [0.2, 0.25) is 0 Å². The van der Waals surface area contributed by atoms with Crippen LogP contribution in [0.25, 0.3) is 0 Å². The summed E-state index contributed by atoms with van der Waals surface area (Å²) < 4.78 is 1.06. The van der Waals surface area contributed by atoms with Crippen molar-refractivity contribution < 1.29 is 5.11 Å². The Bertz CT molecular complexity index is 612. The second-order valence-electron chi connectivity index (χ2n) is 5.64. The molecule has 3 rings (SSSR count). The first kappa shape index (κ1) is 14.6. The van der Waals surface area contributed by atoms with Crippen LogP contribution in [0.5, 0.6) is 0 Å². The molecule has 0 saturated heterocycles. The maximum Gasteiger partial charge on any atom is 0.0762 e. The van der Waals surface area contributed by atoms with E-state index >= 15 is 0 Å². The lowest BCUT2D eigenvalue weighted by atomic mass is 10.0. The van der Waals surface area contributed by atoms with Gasteiger partial charge < -0.3 is 10.0 Å². The topological polar surface area (TPSA) is 23.5 Å². The van der Waals surface area contributed by atoms with Gasteiger partial charge in [0.15, 0.2) is 0 Å². The number of aliphatic hydroxyl groups is 1. The van der Waals surface area contributed by atoms with Gasteiger partial charge in [-0.3, -0.25) is 0 Å². The zero-order chi connectivity index (χ0) is 14.8. The Morgan fingerprint density at radius 1 is 1.05 bits per heavy atom. The van der Waals surface area contributed by atoms with Gasteiger partial charge in [-0.1, -0.05) is 30.3 Å². The lowest BCUT2D eigenvalue weighted by molar-refractivity contribution is 0.199. The number of hydrogen-bond donors (Lipinski definition) is 1. The fraction of sp³-hybridized carbons (Fsp3) is 0.333. The first-order valence-electron chi connectivity index (χ1n) is 7.44. The molecule has 1 aliphatic heterocycles. The highest BCUT2D eigenvalue weighted by Crippen LogP contribution is 2.31. The highest BCUT2D eigenvalue weighted by Gasteiger charge is 2.16. The summed E-state index contributed by atoms with van der Waals surface area (Å²) in [6.07, 6.45) is 1.74. The Kier molecular flexibility index (Phi) is 4.32. The number of anilines is 1. The number of fused-ring (bicyclic) bond motifs is 1. The van der Waals surface area contributed by atoms with Crippen LogP contribution in [0, 0.1) is 0 Å². The third-order valence-corrected chi connectivity index (χ3v) is 4.85. The maximum absolute atomic E-state index is 9.68. The first-order chi connectivity index (χ1) is 10.1. The van der Waals surface area contributed by atoms with E-state index in [1.54, 1.807) is 6.92 Å². The van der Waals surface area contributed by atoms with Gasteiger partial charge in [0, 0.05) is 17.6 Å². The zero-order valence-electron chi connectivity index (χ0n) is 12.2. The summed E-state index contributed by atoms with van der Waals surface area (Å²) in [5, 5.41) is 9.68. The van der Waals surface area contributed by atoms with Crippen LogP contribution in [-0.4, -0.2) is 18.2 Å². The molecular formula is C18H20BrNO. The van der Waals surface area contributed by atoms with Crippen LogP contribution >= 0.6 is 15.9 Å². The van der Waals surface area contributed by atoms with Gasteiger partial charge in [0.05, 0.1) is 11.8 Å². The molecule has 0 saturated carbocycles. The molecule has 1 aliphatic rings. The SMILES string of the molecule is C[C@@H](O)c1ccc(N2CCc3ccccc3CC2)c(Br)c1. The molecule has 2 nitrogen and oxygen atoms in total. The Balaban J connectivity index is 1.83. The number of rotatable bonds is 2. The van der Waals surface area contributed by atoms with Crippen LogP contribution in [0.1, 0.15) is 29.7 Å². The summed E-state index contributed by atoms with van der Waals surface area (Å²) >= 11 is 3.66. The van der Waals surface area contributed by atoms with E-state index < -0.39 is 6.10 Å². The Morgan fingerprint density at radius 2 is 1.67 bits per heavy atom. The van der Waals surface area contributed by atoms with Gasteiger partial charge in [-0.2, -0.15) is 0 Å². The molecular weight excluding hydrogens is 326 g/mol. The van der Waals surface area contributed by atoms with E-state index in [0.29, 0.717) is 0 Å². The van der Waals surface area contributed by atoms with Gasteiger partial charge in [-0.05, 0) is 64.5 Å². The van der Waals surface area contributed by atoms with Gasteiger partial charge in [0.25, 0.3) is 0 Å². The minimum Gasteiger partial charge on any atom is -0.389 e. The first-order valence-corrected chi connectivity index (χ1v) is 8.23. The molecule has 0 spiro atoms. The number of halogens is 1. The van der Waals surface area contributed by atoms with E-state index in [-0.39, 0.29) is 0 Å². The summed E-state index contributed by atoms with van der Waals surface area (Å²) in [4.78, 5) is 2.43. The molecule has 0 unspecified atom stereocenters. The molecule has 1 atom stereocenters. The number of hydrogen-bond acceptors (Lipinski definition) is 2. The van der Waals surface area contributed by atoms with Gasteiger partial charge in [0.1, 0.15) is 0 Å². The monoisotopic (exact) mass is 345 g/mol. The van der Waals surface area contributed by atoms with Crippen LogP contribution in [0.2, 0.25) is 0 Å². The largest absolute Gasteiger partial charge is 0.389 e. The molecule has 21 heavy (non-hydrogen) atoms. The quantitative estimate of drug-likeness (QED) is 0.885. The molecule has 0 fully saturated rings. The van der Waals surface area contributed by atoms with E-state index in [9.17, 15) is 5.11 Å². The van der Waals surface area contributed by atoms with Crippen LogP contribution in [0.15, 0.2) is 46.9 Å². The van der Waals surface area contributed by atoms with Gasteiger partial charge in [-0.15, -0.1) is 0 Å². The third-order valence-electron chi connectivity index (χ3n) is 4.22. The molecule has 0 amide bonds. The maximum atomic E-state index is 9.68. The average molecular weight is 346 g/mol. The van der Waals surface area contributed by atoms with Crippen LogP contribution < -0.4 is 4.90 Å². The summed E-state index contributed by atoms with van der Waals surface area (Å²) in [7, 11) is 0. The van der Waals surface area contributed by atoms with Crippen molar-refractivity contribution in [3.63, 3.8) is 0 Å². The van der Waals surface area contributed by atoms with Crippen molar-refractivity contribution in [3.05, 3.63) is 63.6 Å². The molecule has 2 aromatic rings. The van der Waals surface area contributed by atoms with Crippen molar-refractivity contribution in [1.82, 2.24) is 0 Å². The zero-order valence-corrected chi connectivity index (χ0v) is 13.8. The highest BCUT2D eigenvalue weighted by atomic mass is 79.9. The molecule has 110 valence electrons. The van der Waals surface area contributed by atoms with E-state index in [4.69, 9.17) is 0 Å². The molecule has 3 heteroatoms. The normalized spacial score (nSPS) is 16.2. The second kappa shape index (κ2) is 6.20. The molecule has 0 aliphatic carbocycles. The average Bonchev–Trinajstić information content (AvgIpc) is 2.70. The smallest absolute Gasteiger partial charge is 0.0762 e. The lowest BCUT2D eigenvalue weighted by Crippen LogP contribution is -2.26. The molecule has 0 bridgehead atoms. The molecule has 1 N–H and O–H groups in total. The predicted molar refractivity (Wildman–Crippen MR) is 90.8 cm³/mol. The second-order valence-corrected chi connectivity index (χ2v) is 6.50. The van der Waals surface area contributed by atoms with Crippen molar-refractivity contribution in [3.8, 4) is 0 Å². The molecule has 1 heterocycles. The number of benzene rings is 2. The highest BCUT2D eigenvalue weighted by molar-refractivity contribution is 9.10. The fourth-order valence-electron chi connectivity index (χ4n) is 2.95. The lowest BCUT2D eigenvalue weighted by Gasteiger charge is -2.24. The Morgan fingerprint density at radius 3 is 2.19 bits per heavy atom. The number of nitrogens with zero attached hydrogens (tertiary/aromatic N) is 1. The van der Waals surface area contributed by atoms with E-state index in [1.807, 2.05) is 12.1 Å². The Labute approximate surface area is 134 Å². The predicted octanol–water partition coefficient (Wildman–Crippen LogP) is 4.11. The van der Waals surface area contributed by atoms with Crippen molar-refractivity contribution in [2.45, 2.75) is 25.9 Å². The third kappa shape index (κ3) is 3.14. The van der Waals surface area contributed by atoms with Crippen LogP contribution in [-0.2, 0) is 12.8 Å². The van der Waals surface area contributed by atoms with Crippen molar-refractivity contribution >= 4 is 21.6 Å².